The van der Waals surface area contributed by atoms with Gasteiger partial charge in [-0.2, -0.15) is 0 Å². The maximum atomic E-state index is 8.56. The van der Waals surface area contributed by atoms with Crippen molar-refractivity contribution >= 4 is 0 Å². The SMILES string of the molecule is C=C(O)/C(C)=C\C. The van der Waals surface area contributed by atoms with Gasteiger partial charge in [0.2, 0.25) is 0 Å². The van der Waals surface area contributed by atoms with Gasteiger partial charge in [-0.1, -0.05) is 12.7 Å². The van der Waals surface area contributed by atoms with Gasteiger partial charge in [0.25, 0.3) is 0 Å². The van der Waals surface area contributed by atoms with Crippen LogP contribution in [0.25, 0.3) is 0 Å². The number of rotatable bonds is 1. The van der Waals surface area contributed by atoms with E-state index in [0.717, 1.165) is 5.57 Å². The summed E-state index contributed by atoms with van der Waals surface area (Å²) in [5.41, 5.74) is 0.833. The van der Waals surface area contributed by atoms with E-state index in [9.17, 15) is 0 Å². The first-order valence-corrected chi connectivity index (χ1v) is 2.19. The monoisotopic (exact) mass is 98.1 g/mol. The van der Waals surface area contributed by atoms with Crippen LogP contribution in [-0.4, -0.2) is 5.11 Å². The third-order valence-electron chi connectivity index (χ3n) is 0.888. The molecule has 1 N–H and O–H groups in total. The molecule has 0 rings (SSSR count). The fourth-order valence-corrected chi connectivity index (χ4v) is 0.167. The van der Waals surface area contributed by atoms with Gasteiger partial charge in [-0.15, -0.1) is 0 Å². The van der Waals surface area contributed by atoms with E-state index >= 15 is 0 Å². The fraction of sp³-hybridized carbons (Fsp3) is 0.333. The van der Waals surface area contributed by atoms with E-state index in [1.165, 1.54) is 0 Å². The highest BCUT2D eigenvalue weighted by Gasteiger charge is 1.84. The van der Waals surface area contributed by atoms with Gasteiger partial charge in [-0.25, -0.2) is 0 Å². The Morgan fingerprint density at radius 2 is 2.14 bits per heavy atom. The number of allylic oxidation sites excluding steroid dienone is 2. The highest BCUT2D eigenvalue weighted by atomic mass is 16.3. The maximum absolute atomic E-state index is 8.56. The van der Waals surface area contributed by atoms with Crippen molar-refractivity contribution in [2.75, 3.05) is 0 Å². The summed E-state index contributed by atoms with van der Waals surface area (Å²) in [7, 11) is 0. The smallest absolute Gasteiger partial charge is 0.110 e. The maximum Gasteiger partial charge on any atom is 0.110 e. The third kappa shape index (κ3) is 2.04. The Balaban J connectivity index is 3.82. The highest BCUT2D eigenvalue weighted by Crippen LogP contribution is 1.99. The van der Waals surface area contributed by atoms with E-state index in [-0.39, 0.29) is 5.76 Å². The number of aliphatic hydroxyl groups is 1. The Morgan fingerprint density at radius 3 is 2.14 bits per heavy atom. The molecule has 0 atom stereocenters. The van der Waals surface area contributed by atoms with E-state index in [0.29, 0.717) is 0 Å². The van der Waals surface area contributed by atoms with E-state index < -0.39 is 0 Å². The van der Waals surface area contributed by atoms with Crippen LogP contribution in [-0.2, 0) is 0 Å². The second-order valence-electron chi connectivity index (χ2n) is 1.42. The predicted molar refractivity (Wildman–Crippen MR) is 31.2 cm³/mol. The van der Waals surface area contributed by atoms with Gasteiger partial charge in [-0.3, -0.25) is 0 Å². The fourth-order valence-electron chi connectivity index (χ4n) is 0.167. The minimum absolute atomic E-state index is 0.155. The van der Waals surface area contributed by atoms with Crippen molar-refractivity contribution in [2.45, 2.75) is 13.8 Å². The van der Waals surface area contributed by atoms with Crippen molar-refractivity contribution in [1.82, 2.24) is 0 Å². The van der Waals surface area contributed by atoms with Crippen LogP contribution in [0, 0.1) is 0 Å². The molecule has 0 aliphatic carbocycles. The quantitative estimate of drug-likeness (QED) is 0.393. The van der Waals surface area contributed by atoms with Gasteiger partial charge in [0.05, 0.1) is 0 Å². The lowest BCUT2D eigenvalue weighted by Crippen LogP contribution is -1.76. The molecule has 0 aromatic rings. The Morgan fingerprint density at radius 1 is 1.71 bits per heavy atom. The number of hydrogen-bond acceptors (Lipinski definition) is 1. The van der Waals surface area contributed by atoms with Gasteiger partial charge in [-0.05, 0) is 19.4 Å². The first-order valence-electron chi connectivity index (χ1n) is 2.19. The summed E-state index contributed by atoms with van der Waals surface area (Å²) in [5, 5.41) is 8.56. The largest absolute Gasteiger partial charge is 0.508 e. The van der Waals surface area contributed by atoms with Crippen molar-refractivity contribution in [3.8, 4) is 0 Å². The Hall–Kier alpha value is -0.720. The summed E-state index contributed by atoms with van der Waals surface area (Å²) in [6.45, 7) is 6.98. The number of aliphatic hydroxyl groups excluding tert-OH is 1. The average molecular weight is 98.1 g/mol. The van der Waals surface area contributed by atoms with Gasteiger partial charge >= 0.3 is 0 Å². The normalized spacial score (nSPS) is 11.4. The lowest BCUT2D eigenvalue weighted by molar-refractivity contribution is 0.426. The predicted octanol–water partition coefficient (Wildman–Crippen LogP) is 2.02. The average Bonchev–Trinajstić information content (AvgIpc) is 1.65. The third-order valence-corrected chi connectivity index (χ3v) is 0.888. The van der Waals surface area contributed by atoms with Crippen LogP contribution in [0.2, 0.25) is 0 Å². The molecular formula is C6H10O. The molecule has 1 nitrogen and oxygen atoms in total. The molecule has 0 aliphatic rings. The zero-order chi connectivity index (χ0) is 5.86. The molecule has 0 spiro atoms. The molecule has 0 aromatic carbocycles. The van der Waals surface area contributed by atoms with E-state index in [1.807, 2.05) is 19.9 Å². The summed E-state index contributed by atoms with van der Waals surface area (Å²) in [6.07, 6.45) is 1.81. The first kappa shape index (κ1) is 6.28. The van der Waals surface area contributed by atoms with Crippen molar-refractivity contribution < 1.29 is 5.11 Å². The standard InChI is InChI=1S/C6H10O/c1-4-5(2)6(3)7/h4,7H,3H2,1-2H3/b5-4-. The van der Waals surface area contributed by atoms with Crippen LogP contribution < -0.4 is 0 Å². The molecule has 0 fully saturated rings. The molecule has 0 aromatic heterocycles. The Bertz CT molecular complexity index is 101. The zero-order valence-corrected chi connectivity index (χ0v) is 4.73. The lowest BCUT2D eigenvalue weighted by Gasteiger charge is -1.91. The van der Waals surface area contributed by atoms with Crippen LogP contribution in [0.3, 0.4) is 0 Å². The van der Waals surface area contributed by atoms with Crippen LogP contribution in [0.4, 0.5) is 0 Å². The molecule has 0 radical (unpaired) electrons. The van der Waals surface area contributed by atoms with Crippen LogP contribution in [0.1, 0.15) is 13.8 Å². The molecule has 0 heterocycles. The summed E-state index contributed by atoms with van der Waals surface area (Å²) in [4.78, 5) is 0. The van der Waals surface area contributed by atoms with Gasteiger partial charge in [0.1, 0.15) is 5.76 Å². The van der Waals surface area contributed by atoms with E-state index in [1.54, 1.807) is 0 Å². The van der Waals surface area contributed by atoms with Crippen LogP contribution >= 0.6 is 0 Å². The van der Waals surface area contributed by atoms with Gasteiger partial charge < -0.3 is 5.11 Å². The molecule has 0 saturated heterocycles. The minimum Gasteiger partial charge on any atom is -0.508 e. The Kier molecular flexibility index (Phi) is 2.20. The lowest BCUT2D eigenvalue weighted by atomic mass is 10.3. The van der Waals surface area contributed by atoms with E-state index in [2.05, 4.69) is 6.58 Å². The molecule has 0 unspecified atom stereocenters. The molecule has 1 heteroatoms. The van der Waals surface area contributed by atoms with Crippen LogP contribution in [0.15, 0.2) is 24.0 Å². The molecule has 0 saturated carbocycles. The van der Waals surface area contributed by atoms with Crippen molar-refractivity contribution in [3.63, 3.8) is 0 Å². The van der Waals surface area contributed by atoms with Crippen molar-refractivity contribution in [1.29, 1.82) is 0 Å². The van der Waals surface area contributed by atoms with Crippen molar-refractivity contribution in [3.05, 3.63) is 24.0 Å². The molecule has 7 heavy (non-hydrogen) atoms. The molecule has 0 bridgehead atoms. The highest BCUT2D eigenvalue weighted by molar-refractivity contribution is 5.17. The molecule has 0 amide bonds. The molecular weight excluding hydrogens is 88.1 g/mol. The number of hydrogen-bond donors (Lipinski definition) is 1. The van der Waals surface area contributed by atoms with Gasteiger partial charge in [0, 0.05) is 0 Å². The Labute approximate surface area is 44.0 Å². The van der Waals surface area contributed by atoms with Crippen molar-refractivity contribution in [2.24, 2.45) is 0 Å². The summed E-state index contributed by atoms with van der Waals surface area (Å²) in [5.74, 6) is 0.155. The second kappa shape index (κ2) is 2.45. The van der Waals surface area contributed by atoms with E-state index in [4.69, 9.17) is 5.11 Å². The molecule has 40 valence electrons. The first-order chi connectivity index (χ1) is 3.18. The summed E-state index contributed by atoms with van der Waals surface area (Å²) in [6, 6.07) is 0. The van der Waals surface area contributed by atoms with Gasteiger partial charge in [0.15, 0.2) is 0 Å². The summed E-state index contributed by atoms with van der Waals surface area (Å²) < 4.78 is 0. The zero-order valence-electron chi connectivity index (χ0n) is 4.73. The van der Waals surface area contributed by atoms with Crippen LogP contribution in [0.5, 0.6) is 0 Å². The molecule has 0 aliphatic heterocycles. The second-order valence-corrected chi connectivity index (χ2v) is 1.42. The summed E-state index contributed by atoms with van der Waals surface area (Å²) >= 11 is 0. The minimum atomic E-state index is 0.155. The topological polar surface area (TPSA) is 20.2 Å².